The summed E-state index contributed by atoms with van der Waals surface area (Å²) >= 11 is 6.41. The van der Waals surface area contributed by atoms with Crippen molar-refractivity contribution < 1.29 is 8.78 Å². The fourth-order valence-corrected chi connectivity index (χ4v) is 5.65. The van der Waals surface area contributed by atoms with Crippen LogP contribution in [0.5, 0.6) is 0 Å². The maximum absolute atomic E-state index is 13.8. The summed E-state index contributed by atoms with van der Waals surface area (Å²) in [6.07, 6.45) is 4.33. The molecule has 192 valence electrons. The first-order valence-electron chi connectivity index (χ1n) is 12.8. The molecule has 4 aromatic rings. The third kappa shape index (κ3) is 4.80. The molecule has 0 bridgehead atoms. The molecule has 2 fully saturated rings. The number of anilines is 1. The molecule has 0 spiro atoms. The van der Waals surface area contributed by atoms with Crippen molar-refractivity contribution in [1.82, 2.24) is 24.4 Å². The number of benzene rings is 2. The van der Waals surface area contributed by atoms with Gasteiger partial charge >= 0.3 is 0 Å². The smallest absolute Gasteiger partial charge is 0.226 e. The standard InChI is InChI=1S/C28H29ClF2N6/c1-17-14-37(27-24-26(33-28(29)34-27)35(16-32-24)15-19-3-4-19)18(2)13-36(17)25(20-5-9-22(30)10-6-20)21-7-11-23(31)12-8-21/h5-12,16-19,25H,3-4,13-15H2,1-2H3/t17-,18+/m1/s1. The van der Waals surface area contributed by atoms with E-state index in [0.29, 0.717) is 19.0 Å². The molecular weight excluding hydrogens is 494 g/mol. The van der Waals surface area contributed by atoms with Gasteiger partial charge in [0.05, 0.1) is 12.4 Å². The molecule has 1 saturated heterocycles. The highest BCUT2D eigenvalue weighted by molar-refractivity contribution is 6.28. The number of nitrogens with zero attached hydrogens (tertiary/aromatic N) is 6. The summed E-state index contributed by atoms with van der Waals surface area (Å²) in [6.45, 7) is 6.64. The molecule has 0 unspecified atom stereocenters. The Morgan fingerprint density at radius 1 is 0.892 bits per heavy atom. The summed E-state index contributed by atoms with van der Waals surface area (Å²) in [5, 5.41) is 0.220. The Bertz CT molecular complexity index is 1360. The molecule has 3 heterocycles. The van der Waals surface area contributed by atoms with Gasteiger partial charge in [-0.05, 0) is 79.6 Å². The highest BCUT2D eigenvalue weighted by atomic mass is 35.5. The van der Waals surface area contributed by atoms with Crippen LogP contribution in [-0.2, 0) is 6.54 Å². The van der Waals surface area contributed by atoms with Crippen molar-refractivity contribution in [2.75, 3.05) is 18.0 Å². The number of piperazine rings is 1. The van der Waals surface area contributed by atoms with Gasteiger partial charge in [0.15, 0.2) is 17.0 Å². The third-order valence-corrected chi connectivity index (χ3v) is 7.75. The predicted octanol–water partition coefficient (Wildman–Crippen LogP) is 5.86. The minimum Gasteiger partial charge on any atom is -0.349 e. The van der Waals surface area contributed by atoms with Crippen molar-refractivity contribution in [1.29, 1.82) is 0 Å². The maximum Gasteiger partial charge on any atom is 0.226 e. The zero-order valence-corrected chi connectivity index (χ0v) is 21.6. The van der Waals surface area contributed by atoms with E-state index < -0.39 is 0 Å². The first kappa shape index (κ1) is 24.2. The summed E-state index contributed by atoms with van der Waals surface area (Å²) in [6, 6.07) is 13.2. The highest BCUT2D eigenvalue weighted by Crippen LogP contribution is 2.37. The lowest BCUT2D eigenvalue weighted by Gasteiger charge is -2.48. The van der Waals surface area contributed by atoms with Crippen LogP contribution in [0.2, 0.25) is 5.28 Å². The van der Waals surface area contributed by atoms with Gasteiger partial charge in [-0.3, -0.25) is 4.90 Å². The quantitative estimate of drug-likeness (QED) is 0.297. The summed E-state index contributed by atoms with van der Waals surface area (Å²) in [5.41, 5.74) is 3.48. The van der Waals surface area contributed by atoms with Crippen LogP contribution >= 0.6 is 11.6 Å². The van der Waals surface area contributed by atoms with Crippen LogP contribution in [0.3, 0.4) is 0 Å². The highest BCUT2D eigenvalue weighted by Gasteiger charge is 2.37. The number of aromatic nitrogens is 4. The summed E-state index contributed by atoms with van der Waals surface area (Å²) in [7, 11) is 0. The van der Waals surface area contributed by atoms with Crippen molar-refractivity contribution in [2.24, 2.45) is 5.92 Å². The van der Waals surface area contributed by atoms with Crippen molar-refractivity contribution in [3.8, 4) is 0 Å². The Balaban J connectivity index is 1.33. The first-order chi connectivity index (χ1) is 17.9. The van der Waals surface area contributed by atoms with E-state index >= 15 is 0 Å². The molecule has 37 heavy (non-hydrogen) atoms. The van der Waals surface area contributed by atoms with Gasteiger partial charge in [0.2, 0.25) is 5.28 Å². The van der Waals surface area contributed by atoms with Gasteiger partial charge < -0.3 is 9.47 Å². The molecule has 6 nitrogen and oxygen atoms in total. The summed E-state index contributed by atoms with van der Waals surface area (Å²) in [4.78, 5) is 18.5. The monoisotopic (exact) mass is 522 g/mol. The molecule has 1 saturated carbocycles. The van der Waals surface area contributed by atoms with Gasteiger partial charge in [0.1, 0.15) is 11.6 Å². The minimum atomic E-state index is -0.279. The number of halogens is 3. The number of hydrogen-bond donors (Lipinski definition) is 0. The van der Waals surface area contributed by atoms with Gasteiger partial charge in [-0.2, -0.15) is 9.97 Å². The number of rotatable bonds is 6. The van der Waals surface area contributed by atoms with E-state index in [1.165, 1.54) is 37.1 Å². The lowest BCUT2D eigenvalue weighted by molar-refractivity contribution is 0.129. The average Bonchev–Trinajstić information content (AvgIpc) is 3.62. The van der Waals surface area contributed by atoms with Crippen molar-refractivity contribution in [3.05, 3.63) is 82.9 Å². The molecule has 0 radical (unpaired) electrons. The van der Waals surface area contributed by atoms with E-state index in [1.54, 1.807) is 0 Å². The van der Waals surface area contributed by atoms with E-state index in [4.69, 9.17) is 16.6 Å². The fourth-order valence-electron chi connectivity index (χ4n) is 5.49. The normalized spacial score (nSPS) is 20.8. The van der Waals surface area contributed by atoms with Crippen LogP contribution in [0.1, 0.15) is 43.9 Å². The SMILES string of the molecule is C[C@@H]1CN(c2nc(Cl)nc3c2ncn3CC2CC2)[C@@H](C)CN1C(c1ccc(F)cc1)c1ccc(F)cc1. The third-order valence-electron chi connectivity index (χ3n) is 7.58. The fraction of sp³-hybridized carbons (Fsp3) is 0.393. The number of fused-ring (bicyclic) bond motifs is 1. The second-order valence-corrected chi connectivity index (χ2v) is 10.7. The van der Waals surface area contributed by atoms with Crippen LogP contribution in [0, 0.1) is 17.6 Å². The van der Waals surface area contributed by atoms with Gasteiger partial charge in [0.25, 0.3) is 0 Å². The molecule has 2 aliphatic rings. The second-order valence-electron chi connectivity index (χ2n) is 10.4. The Morgan fingerprint density at radius 3 is 2.11 bits per heavy atom. The second kappa shape index (κ2) is 9.65. The van der Waals surface area contributed by atoms with E-state index in [0.717, 1.165) is 34.7 Å². The Morgan fingerprint density at radius 2 is 1.51 bits per heavy atom. The zero-order chi connectivity index (χ0) is 25.7. The molecule has 1 aliphatic heterocycles. The molecule has 2 aromatic carbocycles. The molecule has 9 heteroatoms. The largest absolute Gasteiger partial charge is 0.349 e. The average molecular weight is 523 g/mol. The van der Waals surface area contributed by atoms with Crippen molar-refractivity contribution in [2.45, 2.75) is 51.4 Å². The van der Waals surface area contributed by atoms with Crippen LogP contribution in [0.4, 0.5) is 14.6 Å². The Labute approximate surface area is 219 Å². The van der Waals surface area contributed by atoms with Gasteiger partial charge in [-0.15, -0.1) is 0 Å². The first-order valence-corrected chi connectivity index (χ1v) is 13.2. The molecule has 0 amide bonds. The van der Waals surface area contributed by atoms with E-state index in [2.05, 4.69) is 38.2 Å². The predicted molar refractivity (Wildman–Crippen MR) is 141 cm³/mol. The Kier molecular flexibility index (Phi) is 6.32. The van der Waals surface area contributed by atoms with Gasteiger partial charge in [0, 0.05) is 31.7 Å². The van der Waals surface area contributed by atoms with Crippen LogP contribution in [-0.4, -0.2) is 49.6 Å². The van der Waals surface area contributed by atoms with Gasteiger partial charge in [-0.1, -0.05) is 24.3 Å². The summed E-state index contributed by atoms with van der Waals surface area (Å²) < 4.78 is 29.6. The van der Waals surface area contributed by atoms with Crippen molar-refractivity contribution in [3.63, 3.8) is 0 Å². The van der Waals surface area contributed by atoms with Crippen LogP contribution < -0.4 is 4.90 Å². The minimum absolute atomic E-state index is 0.0855. The lowest BCUT2D eigenvalue weighted by atomic mass is 9.93. The van der Waals surface area contributed by atoms with Crippen molar-refractivity contribution >= 4 is 28.6 Å². The molecule has 2 atom stereocenters. The van der Waals surface area contributed by atoms with Crippen LogP contribution in [0.25, 0.3) is 11.2 Å². The van der Waals surface area contributed by atoms with Gasteiger partial charge in [-0.25, -0.2) is 13.8 Å². The van der Waals surface area contributed by atoms with Crippen LogP contribution in [0.15, 0.2) is 54.9 Å². The molecule has 0 N–H and O–H groups in total. The molecule has 6 rings (SSSR count). The maximum atomic E-state index is 13.8. The number of imidazole rings is 1. The molecular formula is C28H29ClF2N6. The zero-order valence-electron chi connectivity index (χ0n) is 20.9. The molecule has 1 aliphatic carbocycles. The topological polar surface area (TPSA) is 50.1 Å². The van der Waals surface area contributed by atoms with E-state index in [9.17, 15) is 8.78 Å². The lowest BCUT2D eigenvalue weighted by Crippen LogP contribution is -2.57. The van der Waals surface area contributed by atoms with E-state index in [1.807, 2.05) is 30.6 Å². The molecule has 2 aromatic heterocycles. The number of hydrogen-bond acceptors (Lipinski definition) is 5. The van der Waals surface area contributed by atoms with E-state index in [-0.39, 0.29) is 35.0 Å². The Hall–Kier alpha value is -3.10. The summed E-state index contributed by atoms with van der Waals surface area (Å²) in [5.74, 6) is 0.882.